The van der Waals surface area contributed by atoms with E-state index in [1.165, 1.54) is 18.2 Å². The van der Waals surface area contributed by atoms with Crippen LogP contribution in [0.4, 0.5) is 19.1 Å². The third-order valence-corrected chi connectivity index (χ3v) is 7.60. The molecule has 0 bridgehead atoms. The lowest BCUT2D eigenvalue weighted by molar-refractivity contribution is -0.137. The Bertz CT molecular complexity index is 1420. The second-order valence-electron chi connectivity index (χ2n) is 10.3. The molecule has 1 spiro atoms. The van der Waals surface area contributed by atoms with Gasteiger partial charge in [-0.2, -0.15) is 13.2 Å². The number of alkyl halides is 3. The summed E-state index contributed by atoms with van der Waals surface area (Å²) < 4.78 is 47.0. The molecular weight excluding hydrogens is 485 g/mol. The minimum Gasteiger partial charge on any atom is -0.477 e. The van der Waals surface area contributed by atoms with Gasteiger partial charge in [-0.05, 0) is 62.1 Å². The zero-order valence-corrected chi connectivity index (χ0v) is 20.2. The van der Waals surface area contributed by atoms with Crippen LogP contribution in [0.25, 0.3) is 16.8 Å². The van der Waals surface area contributed by atoms with E-state index in [1.807, 2.05) is 4.90 Å². The number of halogens is 3. The Morgan fingerprint density at radius 2 is 1.86 bits per heavy atom. The van der Waals surface area contributed by atoms with Crippen molar-refractivity contribution < 1.29 is 27.6 Å². The number of hydrogen-bond acceptors (Lipinski definition) is 6. The van der Waals surface area contributed by atoms with Crippen molar-refractivity contribution in [3.8, 4) is 11.3 Å². The Morgan fingerprint density at radius 3 is 2.51 bits per heavy atom. The van der Waals surface area contributed by atoms with Gasteiger partial charge in [-0.3, -0.25) is 0 Å². The fraction of sp³-hybridized carbons (Fsp3) is 0.407. The molecule has 3 heterocycles. The molecule has 2 aromatic heterocycles. The average Bonchev–Trinajstić information content (AvgIpc) is 3.60. The van der Waals surface area contributed by atoms with E-state index in [2.05, 4.69) is 21.2 Å². The Labute approximate surface area is 211 Å². The second-order valence-corrected chi connectivity index (χ2v) is 10.3. The number of carboxylic acid groups (broad SMARTS) is 1. The standard InChI is InChI=1S/C27H25F3N4O3/c1-15-12-20(24(35)36)32-25(31-15)34-10-8-26(9-11-34)13-17(14-26)21-22(33-37-23(21)16-6-7-16)18-4-2-3-5-19(18)27(28,29)30/h2-5,12-13,16H,6-11,14H2,1H3,(H,35,36). The molecule has 2 aliphatic carbocycles. The summed E-state index contributed by atoms with van der Waals surface area (Å²) in [4.78, 5) is 22.0. The highest BCUT2D eigenvalue weighted by Crippen LogP contribution is 2.56. The third kappa shape index (κ3) is 4.28. The summed E-state index contributed by atoms with van der Waals surface area (Å²) >= 11 is 0. The van der Waals surface area contributed by atoms with Crippen molar-refractivity contribution in [3.05, 3.63) is 64.7 Å². The molecule has 37 heavy (non-hydrogen) atoms. The minimum absolute atomic E-state index is 0.0275. The molecule has 1 saturated heterocycles. The second kappa shape index (κ2) is 8.43. The first kappa shape index (κ1) is 23.7. The van der Waals surface area contributed by atoms with Crippen LogP contribution < -0.4 is 4.90 Å². The zero-order chi connectivity index (χ0) is 25.9. The summed E-state index contributed by atoms with van der Waals surface area (Å²) in [7, 11) is 0. The molecule has 1 aliphatic heterocycles. The summed E-state index contributed by atoms with van der Waals surface area (Å²) in [5.74, 6) is 0.224. The molecule has 0 atom stereocenters. The molecule has 0 unspecified atom stereocenters. The van der Waals surface area contributed by atoms with Gasteiger partial charge < -0.3 is 14.5 Å². The SMILES string of the molecule is Cc1cc(C(=O)O)nc(N2CCC3(C=C(c4c(-c5ccccc5C(F)(F)F)noc4C4CC4)C3)CC2)n1. The lowest BCUT2D eigenvalue weighted by Crippen LogP contribution is -2.43. The van der Waals surface area contributed by atoms with Gasteiger partial charge in [-0.15, -0.1) is 0 Å². The number of benzene rings is 1. The molecule has 10 heteroatoms. The monoisotopic (exact) mass is 510 g/mol. The first-order chi connectivity index (χ1) is 17.6. The number of allylic oxidation sites excluding steroid dienone is 2. The van der Waals surface area contributed by atoms with Crippen LogP contribution in [0.5, 0.6) is 0 Å². The normalized spacial score (nSPS) is 19.0. The van der Waals surface area contributed by atoms with Crippen LogP contribution in [-0.2, 0) is 6.18 Å². The quantitative estimate of drug-likeness (QED) is 0.443. The number of rotatable bonds is 5. The van der Waals surface area contributed by atoms with Gasteiger partial charge in [-0.1, -0.05) is 29.4 Å². The molecule has 1 aromatic carbocycles. The predicted octanol–water partition coefficient (Wildman–Crippen LogP) is 6.11. The van der Waals surface area contributed by atoms with Crippen LogP contribution in [0.3, 0.4) is 0 Å². The van der Waals surface area contributed by atoms with E-state index in [0.29, 0.717) is 30.5 Å². The van der Waals surface area contributed by atoms with E-state index in [0.717, 1.165) is 49.3 Å². The van der Waals surface area contributed by atoms with Gasteiger partial charge in [-0.25, -0.2) is 14.8 Å². The number of piperidine rings is 1. The molecule has 6 rings (SSSR count). The van der Waals surface area contributed by atoms with Gasteiger partial charge in [0.15, 0.2) is 5.69 Å². The minimum atomic E-state index is -4.49. The molecular formula is C27H25F3N4O3. The first-order valence-corrected chi connectivity index (χ1v) is 12.4. The molecule has 0 amide bonds. The topological polar surface area (TPSA) is 92.3 Å². The van der Waals surface area contributed by atoms with Crippen molar-refractivity contribution in [1.29, 1.82) is 0 Å². The number of carboxylic acids is 1. The van der Waals surface area contributed by atoms with Crippen molar-refractivity contribution in [2.75, 3.05) is 18.0 Å². The molecule has 7 nitrogen and oxygen atoms in total. The summed E-state index contributed by atoms with van der Waals surface area (Å²) in [5.41, 5.74) is 1.81. The highest BCUT2D eigenvalue weighted by atomic mass is 19.4. The number of aromatic carboxylic acids is 1. The number of anilines is 1. The predicted molar refractivity (Wildman–Crippen MR) is 129 cm³/mol. The maximum atomic E-state index is 13.8. The Balaban J connectivity index is 1.28. The Hall–Kier alpha value is -3.69. The van der Waals surface area contributed by atoms with Gasteiger partial charge in [0.05, 0.1) is 5.56 Å². The molecule has 3 aromatic rings. The molecule has 0 radical (unpaired) electrons. The first-order valence-electron chi connectivity index (χ1n) is 12.4. The Morgan fingerprint density at radius 1 is 1.16 bits per heavy atom. The number of aryl methyl sites for hydroxylation is 1. The van der Waals surface area contributed by atoms with Crippen LogP contribution in [0.15, 0.2) is 40.9 Å². The van der Waals surface area contributed by atoms with Crippen LogP contribution in [0, 0.1) is 12.3 Å². The molecule has 1 saturated carbocycles. The number of aromatic nitrogens is 3. The van der Waals surface area contributed by atoms with E-state index < -0.39 is 17.7 Å². The van der Waals surface area contributed by atoms with Crippen molar-refractivity contribution in [2.24, 2.45) is 5.41 Å². The van der Waals surface area contributed by atoms with Crippen molar-refractivity contribution in [2.45, 2.75) is 51.1 Å². The fourth-order valence-corrected chi connectivity index (χ4v) is 5.52. The lowest BCUT2D eigenvalue weighted by atomic mass is 9.63. The van der Waals surface area contributed by atoms with Crippen LogP contribution >= 0.6 is 0 Å². The molecule has 3 aliphatic rings. The van der Waals surface area contributed by atoms with Gasteiger partial charge in [0, 0.05) is 35.8 Å². The molecule has 2 fully saturated rings. The van der Waals surface area contributed by atoms with E-state index in [4.69, 9.17) is 4.52 Å². The summed E-state index contributed by atoms with van der Waals surface area (Å²) in [6, 6.07) is 6.97. The fourth-order valence-electron chi connectivity index (χ4n) is 5.52. The maximum Gasteiger partial charge on any atom is 0.417 e. The number of hydrogen-bond donors (Lipinski definition) is 1. The van der Waals surface area contributed by atoms with Gasteiger partial charge in [0.1, 0.15) is 11.5 Å². The van der Waals surface area contributed by atoms with Gasteiger partial charge >= 0.3 is 12.1 Å². The maximum absolute atomic E-state index is 13.8. The lowest BCUT2D eigenvalue weighted by Gasteiger charge is -2.46. The van der Waals surface area contributed by atoms with Crippen molar-refractivity contribution >= 4 is 17.5 Å². The highest BCUT2D eigenvalue weighted by molar-refractivity contribution is 5.86. The summed E-state index contributed by atoms with van der Waals surface area (Å²) in [6.07, 6.45) is 1.95. The van der Waals surface area contributed by atoms with Crippen LogP contribution in [0.1, 0.15) is 71.1 Å². The summed E-state index contributed by atoms with van der Waals surface area (Å²) in [6.45, 7) is 3.07. The smallest absolute Gasteiger partial charge is 0.417 e. The third-order valence-electron chi connectivity index (χ3n) is 7.60. The Kier molecular flexibility index (Phi) is 5.40. The molecule has 192 valence electrons. The van der Waals surface area contributed by atoms with Gasteiger partial charge in [0.25, 0.3) is 0 Å². The number of nitrogens with zero attached hydrogens (tertiary/aromatic N) is 4. The van der Waals surface area contributed by atoms with Crippen LogP contribution in [-0.4, -0.2) is 39.3 Å². The van der Waals surface area contributed by atoms with E-state index in [9.17, 15) is 23.1 Å². The van der Waals surface area contributed by atoms with Crippen molar-refractivity contribution in [1.82, 2.24) is 15.1 Å². The van der Waals surface area contributed by atoms with E-state index >= 15 is 0 Å². The van der Waals surface area contributed by atoms with E-state index in [1.54, 1.807) is 13.0 Å². The largest absolute Gasteiger partial charge is 0.477 e. The zero-order valence-electron chi connectivity index (χ0n) is 20.2. The van der Waals surface area contributed by atoms with Gasteiger partial charge in [0.2, 0.25) is 5.95 Å². The average molecular weight is 511 g/mol. The van der Waals surface area contributed by atoms with E-state index in [-0.39, 0.29) is 28.3 Å². The highest BCUT2D eigenvalue weighted by Gasteiger charge is 2.45. The van der Waals surface area contributed by atoms with Crippen LogP contribution in [0.2, 0.25) is 0 Å². The number of carbonyl (C=O) groups is 1. The molecule has 1 N–H and O–H groups in total. The van der Waals surface area contributed by atoms with Crippen molar-refractivity contribution in [3.63, 3.8) is 0 Å². The summed E-state index contributed by atoms with van der Waals surface area (Å²) in [5, 5.41) is 13.5.